The number of aliphatic carboxylic acids is 1. The fourth-order valence-electron chi connectivity index (χ4n) is 3.19. The summed E-state index contributed by atoms with van der Waals surface area (Å²) < 4.78 is 10.1. The molecule has 0 aliphatic heterocycles. The van der Waals surface area contributed by atoms with Gasteiger partial charge in [0.25, 0.3) is 0 Å². The Morgan fingerprint density at radius 2 is 1.07 bits per heavy atom. The van der Waals surface area contributed by atoms with Gasteiger partial charge in [-0.2, -0.15) is 0 Å². The van der Waals surface area contributed by atoms with Crippen LogP contribution in [0.5, 0.6) is 0 Å². The zero-order valence-corrected chi connectivity index (χ0v) is 18.2. The molecule has 1 N–H and O–H groups in total. The van der Waals surface area contributed by atoms with Crippen LogP contribution in [0.25, 0.3) is 0 Å². The highest BCUT2D eigenvalue weighted by Crippen LogP contribution is 2.13. The van der Waals surface area contributed by atoms with Gasteiger partial charge in [0.15, 0.2) is 0 Å². The number of carboxylic acid groups (broad SMARTS) is 1. The van der Waals surface area contributed by atoms with E-state index >= 15 is 0 Å². The number of carbonyl (C=O) groups excluding carboxylic acids is 1. The van der Waals surface area contributed by atoms with E-state index in [1.165, 1.54) is 83.5 Å². The molecule has 0 radical (unpaired) electrons. The lowest BCUT2D eigenvalue weighted by Crippen LogP contribution is -2.12. The van der Waals surface area contributed by atoms with Crippen molar-refractivity contribution >= 4 is 11.9 Å². The van der Waals surface area contributed by atoms with Crippen molar-refractivity contribution in [2.45, 2.75) is 116 Å². The van der Waals surface area contributed by atoms with Gasteiger partial charge in [-0.05, 0) is 6.42 Å². The van der Waals surface area contributed by atoms with E-state index in [0.717, 1.165) is 12.8 Å². The van der Waals surface area contributed by atoms with Crippen LogP contribution in [0.4, 0.5) is 0 Å². The van der Waals surface area contributed by atoms with Gasteiger partial charge in [-0.25, -0.2) is 0 Å². The molecule has 5 heteroatoms. The summed E-state index contributed by atoms with van der Waals surface area (Å²) in [7, 11) is 0. The first kappa shape index (κ1) is 26.9. The molecule has 0 aliphatic rings. The van der Waals surface area contributed by atoms with Gasteiger partial charge < -0.3 is 14.6 Å². The summed E-state index contributed by atoms with van der Waals surface area (Å²) in [5, 5.41) is 8.46. The van der Waals surface area contributed by atoms with E-state index in [1.807, 2.05) is 0 Å². The Kier molecular flexibility index (Phi) is 21.3. The van der Waals surface area contributed by atoms with Gasteiger partial charge in [-0.15, -0.1) is 0 Å². The molecule has 0 heterocycles. The predicted molar refractivity (Wildman–Crippen MR) is 114 cm³/mol. The van der Waals surface area contributed by atoms with Crippen molar-refractivity contribution in [2.24, 2.45) is 0 Å². The summed E-state index contributed by atoms with van der Waals surface area (Å²) >= 11 is 0. The topological polar surface area (TPSA) is 72.8 Å². The average Bonchev–Trinajstić information content (AvgIpc) is 2.67. The van der Waals surface area contributed by atoms with E-state index in [4.69, 9.17) is 14.6 Å². The molecule has 0 amide bonds. The van der Waals surface area contributed by atoms with Crippen LogP contribution in [0.2, 0.25) is 0 Å². The third-order valence-corrected chi connectivity index (χ3v) is 4.94. The third kappa shape index (κ3) is 22.9. The Balaban J connectivity index is 3.14. The number of rotatable bonds is 22. The lowest BCUT2D eigenvalue weighted by molar-refractivity contribution is -0.146. The highest BCUT2D eigenvalue weighted by atomic mass is 16.6. The van der Waals surface area contributed by atoms with Crippen molar-refractivity contribution in [3.63, 3.8) is 0 Å². The molecule has 0 rings (SSSR count). The molecule has 0 saturated carbocycles. The van der Waals surface area contributed by atoms with Crippen LogP contribution in [0.1, 0.15) is 116 Å². The minimum absolute atomic E-state index is 0.0208. The number of hydrogen-bond acceptors (Lipinski definition) is 4. The Morgan fingerprint density at radius 1 is 0.607 bits per heavy atom. The molecule has 166 valence electrons. The van der Waals surface area contributed by atoms with E-state index in [9.17, 15) is 9.59 Å². The van der Waals surface area contributed by atoms with Crippen molar-refractivity contribution in [2.75, 3.05) is 19.8 Å². The maximum atomic E-state index is 11.5. The molecule has 0 aliphatic carbocycles. The first-order valence-corrected chi connectivity index (χ1v) is 11.6. The molecular formula is C23H44O5. The average molecular weight is 401 g/mol. The third-order valence-electron chi connectivity index (χ3n) is 4.94. The molecule has 28 heavy (non-hydrogen) atoms. The molecule has 0 aromatic heterocycles. The molecule has 0 spiro atoms. The number of carboxylic acids is 1. The second-order valence-electron chi connectivity index (χ2n) is 7.68. The maximum absolute atomic E-state index is 11.5. The van der Waals surface area contributed by atoms with Crippen molar-refractivity contribution in [1.82, 2.24) is 0 Å². The van der Waals surface area contributed by atoms with Gasteiger partial charge in [0.2, 0.25) is 0 Å². The molecule has 0 bridgehead atoms. The minimum atomic E-state index is -0.884. The van der Waals surface area contributed by atoms with E-state index in [1.54, 1.807) is 0 Å². The highest BCUT2D eigenvalue weighted by molar-refractivity contribution is 5.69. The van der Waals surface area contributed by atoms with Crippen LogP contribution in [-0.2, 0) is 19.1 Å². The zero-order chi connectivity index (χ0) is 20.7. The van der Waals surface area contributed by atoms with Crippen LogP contribution in [0.3, 0.4) is 0 Å². The highest BCUT2D eigenvalue weighted by Gasteiger charge is 2.03. The minimum Gasteiger partial charge on any atom is -0.481 e. The number of unbranched alkanes of at least 4 members (excludes halogenated alkanes) is 14. The van der Waals surface area contributed by atoms with Crippen LogP contribution in [0.15, 0.2) is 0 Å². The van der Waals surface area contributed by atoms with Crippen molar-refractivity contribution in [3.05, 3.63) is 0 Å². The Labute approximate surface area is 172 Å². The van der Waals surface area contributed by atoms with Crippen molar-refractivity contribution in [3.8, 4) is 0 Å². The molecule has 0 unspecified atom stereocenters. The van der Waals surface area contributed by atoms with Crippen LogP contribution < -0.4 is 0 Å². The largest absolute Gasteiger partial charge is 0.481 e. The van der Waals surface area contributed by atoms with E-state index in [2.05, 4.69) is 6.92 Å². The first-order valence-electron chi connectivity index (χ1n) is 11.6. The fourth-order valence-corrected chi connectivity index (χ4v) is 3.19. The van der Waals surface area contributed by atoms with Crippen molar-refractivity contribution in [1.29, 1.82) is 0 Å². The molecule has 0 aromatic carbocycles. The summed E-state index contributed by atoms with van der Waals surface area (Å²) in [6.45, 7) is 2.89. The Morgan fingerprint density at radius 3 is 1.54 bits per heavy atom. The Hall–Kier alpha value is -1.10. The standard InChI is InChI=1S/C23H44O5/c1-2-3-4-5-6-7-8-9-10-11-12-13-14-15-16-17-23(26)28-21-20-27-19-18-22(24)25/h2-21H2,1H3,(H,24,25). The van der Waals surface area contributed by atoms with Gasteiger partial charge in [0.1, 0.15) is 6.61 Å². The predicted octanol–water partition coefficient (Wildman–Crippen LogP) is 6.28. The summed E-state index contributed by atoms with van der Waals surface area (Å²) in [6, 6.07) is 0. The molecule has 0 saturated heterocycles. The van der Waals surface area contributed by atoms with Crippen LogP contribution in [0, 0.1) is 0 Å². The summed E-state index contributed by atoms with van der Waals surface area (Å²) in [5.74, 6) is -1.07. The quantitative estimate of drug-likeness (QED) is 0.171. The van der Waals surface area contributed by atoms with E-state index in [-0.39, 0.29) is 32.2 Å². The SMILES string of the molecule is CCCCCCCCCCCCCCCCCC(=O)OCCOCCC(=O)O. The molecule has 0 aromatic rings. The van der Waals surface area contributed by atoms with Gasteiger partial charge in [-0.3, -0.25) is 9.59 Å². The second kappa shape index (κ2) is 22.2. The Bertz CT molecular complexity index is 357. The van der Waals surface area contributed by atoms with Crippen molar-refractivity contribution < 1.29 is 24.2 Å². The van der Waals surface area contributed by atoms with Gasteiger partial charge in [0.05, 0.1) is 19.6 Å². The number of esters is 1. The number of carbonyl (C=O) groups is 2. The summed E-state index contributed by atoms with van der Waals surface area (Å²) in [5.41, 5.74) is 0. The van der Waals surface area contributed by atoms with Gasteiger partial charge in [-0.1, -0.05) is 96.8 Å². The van der Waals surface area contributed by atoms with Crippen LogP contribution >= 0.6 is 0 Å². The monoisotopic (exact) mass is 400 g/mol. The number of hydrogen-bond donors (Lipinski definition) is 1. The first-order chi connectivity index (χ1) is 13.7. The normalized spacial score (nSPS) is 10.9. The maximum Gasteiger partial charge on any atom is 0.305 e. The lowest BCUT2D eigenvalue weighted by atomic mass is 10.0. The van der Waals surface area contributed by atoms with E-state index in [0.29, 0.717) is 6.42 Å². The van der Waals surface area contributed by atoms with Crippen LogP contribution in [-0.4, -0.2) is 36.9 Å². The fraction of sp³-hybridized carbons (Fsp3) is 0.913. The molecule has 5 nitrogen and oxygen atoms in total. The number of ether oxygens (including phenoxy) is 2. The summed E-state index contributed by atoms with van der Waals surface area (Å²) in [4.78, 5) is 21.8. The summed E-state index contributed by atoms with van der Waals surface area (Å²) in [6.07, 6.45) is 20.1. The molecule has 0 fully saturated rings. The second-order valence-corrected chi connectivity index (χ2v) is 7.68. The smallest absolute Gasteiger partial charge is 0.305 e. The molecule has 0 atom stereocenters. The van der Waals surface area contributed by atoms with Gasteiger partial charge >= 0.3 is 11.9 Å². The molecular weight excluding hydrogens is 356 g/mol. The lowest BCUT2D eigenvalue weighted by Gasteiger charge is -2.06. The zero-order valence-electron chi connectivity index (χ0n) is 18.2. The van der Waals surface area contributed by atoms with E-state index < -0.39 is 5.97 Å². The van der Waals surface area contributed by atoms with Gasteiger partial charge in [0, 0.05) is 6.42 Å².